The van der Waals surface area contributed by atoms with Crippen LogP contribution in [-0.4, -0.2) is 10.2 Å². The zero-order valence-corrected chi connectivity index (χ0v) is 11.6. The Morgan fingerprint density at radius 1 is 1.20 bits per heavy atom. The van der Waals surface area contributed by atoms with Gasteiger partial charge < -0.3 is 5.32 Å². The number of aromatic amines is 1. The van der Waals surface area contributed by atoms with E-state index in [2.05, 4.69) is 21.6 Å². The normalized spacial score (nSPS) is 10.8. The van der Waals surface area contributed by atoms with Gasteiger partial charge in [0.25, 0.3) is 0 Å². The third-order valence-corrected chi connectivity index (χ3v) is 3.91. The van der Waals surface area contributed by atoms with Gasteiger partial charge in [0.1, 0.15) is 5.82 Å². The van der Waals surface area contributed by atoms with Crippen molar-refractivity contribution in [2.45, 2.75) is 13.1 Å². The summed E-state index contributed by atoms with van der Waals surface area (Å²) in [6.45, 7) is 1.33. The second kappa shape index (κ2) is 5.98. The van der Waals surface area contributed by atoms with Gasteiger partial charge >= 0.3 is 0 Å². The molecule has 0 fully saturated rings. The summed E-state index contributed by atoms with van der Waals surface area (Å²) >= 11 is 1.68. The Hall–Kier alpha value is -1.98. The Morgan fingerprint density at radius 2 is 2.15 bits per heavy atom. The number of aromatic nitrogens is 2. The molecule has 0 aliphatic heterocycles. The van der Waals surface area contributed by atoms with Crippen LogP contribution in [0.2, 0.25) is 0 Å². The zero-order chi connectivity index (χ0) is 13.8. The Kier molecular flexibility index (Phi) is 3.90. The summed E-state index contributed by atoms with van der Waals surface area (Å²) < 4.78 is 13.1. The van der Waals surface area contributed by atoms with Gasteiger partial charge in [-0.05, 0) is 29.1 Å². The first-order valence-electron chi connectivity index (χ1n) is 6.34. The van der Waals surface area contributed by atoms with Gasteiger partial charge in [0, 0.05) is 18.7 Å². The molecule has 0 unspecified atom stereocenters. The number of H-pyrrole nitrogens is 1. The van der Waals surface area contributed by atoms with Crippen molar-refractivity contribution >= 4 is 11.3 Å². The van der Waals surface area contributed by atoms with E-state index in [4.69, 9.17) is 0 Å². The molecule has 0 aliphatic carbocycles. The first kappa shape index (κ1) is 13.0. The van der Waals surface area contributed by atoms with Gasteiger partial charge in [-0.2, -0.15) is 5.10 Å². The topological polar surface area (TPSA) is 40.7 Å². The van der Waals surface area contributed by atoms with E-state index in [-0.39, 0.29) is 5.82 Å². The maximum absolute atomic E-state index is 13.1. The number of thiophene rings is 1. The van der Waals surface area contributed by atoms with Crippen molar-refractivity contribution in [3.8, 4) is 10.6 Å². The molecule has 0 spiro atoms. The molecule has 2 N–H and O–H groups in total. The van der Waals surface area contributed by atoms with Crippen molar-refractivity contribution in [1.82, 2.24) is 15.5 Å². The molecule has 1 aromatic carbocycles. The first-order valence-corrected chi connectivity index (χ1v) is 7.22. The number of nitrogens with zero attached hydrogens (tertiary/aromatic N) is 1. The highest BCUT2D eigenvalue weighted by Crippen LogP contribution is 2.25. The molecule has 3 rings (SSSR count). The van der Waals surface area contributed by atoms with E-state index in [1.165, 1.54) is 10.9 Å². The van der Waals surface area contributed by atoms with Crippen LogP contribution in [-0.2, 0) is 13.1 Å². The predicted octanol–water partition coefficient (Wildman–Crippen LogP) is 3.57. The molecule has 0 saturated carbocycles. The number of hydrogen-bond donors (Lipinski definition) is 2. The molecular weight excluding hydrogens is 273 g/mol. The van der Waals surface area contributed by atoms with E-state index in [9.17, 15) is 4.39 Å². The lowest BCUT2D eigenvalue weighted by Gasteiger charge is -2.05. The highest BCUT2D eigenvalue weighted by molar-refractivity contribution is 7.13. The van der Waals surface area contributed by atoms with Crippen molar-refractivity contribution in [3.05, 3.63) is 64.9 Å². The summed E-state index contributed by atoms with van der Waals surface area (Å²) in [7, 11) is 0. The van der Waals surface area contributed by atoms with Crippen LogP contribution in [0.4, 0.5) is 4.39 Å². The molecule has 0 bridgehead atoms. The van der Waals surface area contributed by atoms with Crippen LogP contribution < -0.4 is 5.32 Å². The summed E-state index contributed by atoms with van der Waals surface area (Å²) in [6, 6.07) is 10.7. The lowest BCUT2D eigenvalue weighted by molar-refractivity contribution is 0.620. The van der Waals surface area contributed by atoms with Gasteiger partial charge in [-0.1, -0.05) is 18.2 Å². The first-order chi connectivity index (χ1) is 9.83. The average molecular weight is 287 g/mol. The van der Waals surface area contributed by atoms with E-state index >= 15 is 0 Å². The van der Waals surface area contributed by atoms with Gasteiger partial charge in [-0.15, -0.1) is 11.3 Å². The fourth-order valence-electron chi connectivity index (χ4n) is 2.07. The number of nitrogens with one attached hydrogen (secondary N) is 2. The van der Waals surface area contributed by atoms with Crippen molar-refractivity contribution < 1.29 is 4.39 Å². The minimum absolute atomic E-state index is 0.202. The van der Waals surface area contributed by atoms with Crippen LogP contribution in [0.1, 0.15) is 11.1 Å². The Bertz CT molecular complexity index is 676. The minimum atomic E-state index is -0.202. The fraction of sp³-hybridized carbons (Fsp3) is 0.133. The van der Waals surface area contributed by atoms with Crippen LogP contribution >= 0.6 is 11.3 Å². The van der Waals surface area contributed by atoms with Crippen LogP contribution in [0.15, 0.2) is 48.0 Å². The average Bonchev–Trinajstić information content (AvgIpc) is 3.09. The largest absolute Gasteiger partial charge is 0.308 e. The van der Waals surface area contributed by atoms with Crippen LogP contribution in [0, 0.1) is 5.82 Å². The summed E-state index contributed by atoms with van der Waals surface area (Å²) in [5.74, 6) is -0.202. The summed E-state index contributed by atoms with van der Waals surface area (Å²) in [5.41, 5.74) is 3.10. The van der Waals surface area contributed by atoms with E-state index < -0.39 is 0 Å². The number of hydrogen-bond acceptors (Lipinski definition) is 3. The molecule has 0 radical (unpaired) electrons. The lowest BCUT2D eigenvalue weighted by atomic mass is 10.2. The molecule has 2 aromatic heterocycles. The van der Waals surface area contributed by atoms with Crippen LogP contribution in [0.3, 0.4) is 0 Å². The third-order valence-electron chi connectivity index (χ3n) is 3.02. The number of halogens is 1. The number of rotatable bonds is 5. The van der Waals surface area contributed by atoms with E-state index in [1.807, 2.05) is 23.7 Å². The highest BCUT2D eigenvalue weighted by Gasteiger charge is 2.08. The number of benzene rings is 1. The van der Waals surface area contributed by atoms with Crippen LogP contribution in [0.25, 0.3) is 10.6 Å². The van der Waals surface area contributed by atoms with Gasteiger partial charge in [-0.3, -0.25) is 5.10 Å². The van der Waals surface area contributed by atoms with Gasteiger partial charge in [0.2, 0.25) is 0 Å². The molecule has 20 heavy (non-hydrogen) atoms. The maximum atomic E-state index is 13.1. The Morgan fingerprint density at radius 3 is 2.95 bits per heavy atom. The predicted molar refractivity (Wildman–Crippen MR) is 78.8 cm³/mol. The standard InChI is InChI=1S/C15H14FN3S/c16-13-4-1-3-11(7-13)8-17-9-12-10-18-19-15(12)14-5-2-6-20-14/h1-7,10,17H,8-9H2,(H,18,19). The van der Waals surface area contributed by atoms with E-state index in [0.29, 0.717) is 13.1 Å². The molecule has 0 atom stereocenters. The third kappa shape index (κ3) is 2.95. The summed E-state index contributed by atoms with van der Waals surface area (Å²) in [5, 5.41) is 12.5. The van der Waals surface area contributed by atoms with Gasteiger partial charge in [0.15, 0.2) is 0 Å². The van der Waals surface area contributed by atoms with Crippen molar-refractivity contribution in [1.29, 1.82) is 0 Å². The molecular formula is C15H14FN3S. The van der Waals surface area contributed by atoms with Crippen molar-refractivity contribution in [3.63, 3.8) is 0 Å². The monoisotopic (exact) mass is 287 g/mol. The molecule has 5 heteroatoms. The quantitative estimate of drug-likeness (QED) is 0.753. The lowest BCUT2D eigenvalue weighted by Crippen LogP contribution is -2.12. The molecule has 0 amide bonds. The van der Waals surface area contributed by atoms with Crippen LogP contribution in [0.5, 0.6) is 0 Å². The molecule has 3 nitrogen and oxygen atoms in total. The Labute approximate surface area is 120 Å². The van der Waals surface area contributed by atoms with E-state index in [1.54, 1.807) is 23.5 Å². The molecule has 0 aliphatic rings. The SMILES string of the molecule is Fc1cccc(CNCc2cn[nH]c2-c2cccs2)c1. The van der Waals surface area contributed by atoms with Gasteiger partial charge in [-0.25, -0.2) is 4.39 Å². The fourth-order valence-corrected chi connectivity index (χ4v) is 2.82. The van der Waals surface area contributed by atoms with Crippen molar-refractivity contribution in [2.24, 2.45) is 0 Å². The highest BCUT2D eigenvalue weighted by atomic mass is 32.1. The summed E-state index contributed by atoms with van der Waals surface area (Å²) in [4.78, 5) is 1.17. The van der Waals surface area contributed by atoms with Crippen molar-refractivity contribution in [2.75, 3.05) is 0 Å². The minimum Gasteiger partial charge on any atom is -0.308 e. The summed E-state index contributed by atoms with van der Waals surface area (Å²) in [6.07, 6.45) is 1.83. The second-order valence-corrected chi connectivity index (χ2v) is 5.43. The smallest absolute Gasteiger partial charge is 0.123 e. The maximum Gasteiger partial charge on any atom is 0.123 e. The second-order valence-electron chi connectivity index (χ2n) is 4.48. The van der Waals surface area contributed by atoms with Gasteiger partial charge in [0.05, 0.1) is 16.8 Å². The Balaban J connectivity index is 1.64. The molecule has 3 aromatic rings. The molecule has 0 saturated heterocycles. The zero-order valence-electron chi connectivity index (χ0n) is 10.8. The van der Waals surface area contributed by atoms with E-state index in [0.717, 1.165) is 16.8 Å². The molecule has 2 heterocycles. The molecule has 102 valence electrons.